The second kappa shape index (κ2) is 5.41. The number of hydrogen-bond donors (Lipinski definition) is 1. The number of carbonyl (C=O) groups is 1. The molecule has 1 aliphatic heterocycles. The Balaban J connectivity index is 1.48. The molecule has 1 saturated carbocycles. The van der Waals surface area contributed by atoms with Gasteiger partial charge in [-0.05, 0) is 38.8 Å². The van der Waals surface area contributed by atoms with Gasteiger partial charge in [0.1, 0.15) is 11.0 Å². The number of rotatable bonds is 3. The molecule has 2 aliphatic rings. The molecule has 1 N–H and O–H groups in total. The van der Waals surface area contributed by atoms with E-state index < -0.39 is 5.41 Å². The summed E-state index contributed by atoms with van der Waals surface area (Å²) in [5, 5.41) is 3.68. The second-order valence-corrected chi connectivity index (χ2v) is 7.23. The molecule has 0 spiro atoms. The largest absolute Gasteiger partial charge is 0.351 e. The quantitative estimate of drug-likeness (QED) is 0.868. The van der Waals surface area contributed by atoms with E-state index in [9.17, 15) is 4.79 Å². The number of fused-ring (bicyclic) bond motifs is 1. The number of nitrogens with zero attached hydrogens (tertiary/aromatic N) is 4. The molecule has 24 heavy (non-hydrogen) atoms. The summed E-state index contributed by atoms with van der Waals surface area (Å²) in [7, 11) is 0. The lowest BCUT2D eigenvalue weighted by Gasteiger charge is -2.41. The summed E-state index contributed by atoms with van der Waals surface area (Å²) >= 11 is 5.88. The van der Waals surface area contributed by atoms with E-state index >= 15 is 0 Å². The summed E-state index contributed by atoms with van der Waals surface area (Å²) in [5.74, 6) is 1.45. The fourth-order valence-corrected chi connectivity index (χ4v) is 3.57. The number of amides is 1. The zero-order chi connectivity index (χ0) is 16.9. The molecule has 1 aliphatic carbocycles. The molecule has 2 aromatic heterocycles. The first-order chi connectivity index (χ1) is 11.5. The van der Waals surface area contributed by atoms with Crippen LogP contribution in [0.3, 0.4) is 0 Å². The maximum Gasteiger partial charge on any atom is 0.238 e. The van der Waals surface area contributed by atoms with Crippen LogP contribution in [0, 0.1) is 0 Å². The molecule has 0 unspecified atom stereocenters. The molecule has 4 rings (SSSR count). The smallest absolute Gasteiger partial charge is 0.238 e. The highest BCUT2D eigenvalue weighted by atomic mass is 35.5. The Bertz CT molecular complexity index is 803. The van der Waals surface area contributed by atoms with E-state index in [4.69, 9.17) is 11.6 Å². The summed E-state index contributed by atoms with van der Waals surface area (Å²) < 4.78 is 0. The molecular weight excluding hydrogens is 326 g/mol. The van der Waals surface area contributed by atoms with E-state index in [1.54, 1.807) is 18.5 Å². The van der Waals surface area contributed by atoms with Crippen LogP contribution in [0.2, 0.25) is 5.15 Å². The van der Waals surface area contributed by atoms with Crippen LogP contribution in [-0.2, 0) is 10.2 Å². The molecule has 124 valence electrons. The molecule has 0 bridgehead atoms. The Morgan fingerprint density at radius 3 is 2.79 bits per heavy atom. The second-order valence-electron chi connectivity index (χ2n) is 6.84. The molecule has 0 saturated heterocycles. The molecular formula is C17H18ClN5O. The first-order valence-electron chi connectivity index (χ1n) is 8.01. The van der Waals surface area contributed by atoms with E-state index in [0.29, 0.717) is 11.1 Å². The van der Waals surface area contributed by atoms with E-state index in [0.717, 1.165) is 24.2 Å². The monoisotopic (exact) mass is 343 g/mol. The maximum absolute atomic E-state index is 12.9. The van der Waals surface area contributed by atoms with Crippen LogP contribution in [0.5, 0.6) is 0 Å². The standard InChI is InChI=1S/C17H18ClN5O/c1-17(2)12-4-3-6-19-14(12)23(15(17)24)11-8-10(9-11)21-16-20-7-5-13(18)22-16/h3-7,10-11H,8-9H2,1-2H3,(H,20,21,22). The zero-order valence-electron chi connectivity index (χ0n) is 13.5. The Morgan fingerprint density at radius 1 is 1.25 bits per heavy atom. The predicted octanol–water partition coefficient (Wildman–Crippen LogP) is 2.79. The fourth-order valence-electron chi connectivity index (χ4n) is 3.43. The van der Waals surface area contributed by atoms with Crippen LogP contribution in [0.1, 0.15) is 32.3 Å². The molecule has 1 fully saturated rings. The molecule has 7 heteroatoms. The van der Waals surface area contributed by atoms with Crippen LogP contribution < -0.4 is 10.2 Å². The van der Waals surface area contributed by atoms with Crippen molar-refractivity contribution in [1.29, 1.82) is 0 Å². The van der Waals surface area contributed by atoms with Crippen molar-refractivity contribution in [1.82, 2.24) is 15.0 Å². The normalized spacial score (nSPS) is 24.5. The highest BCUT2D eigenvalue weighted by Crippen LogP contribution is 2.44. The van der Waals surface area contributed by atoms with Gasteiger partial charge in [-0.2, -0.15) is 0 Å². The van der Waals surface area contributed by atoms with E-state index in [1.807, 2.05) is 30.9 Å². The fraction of sp³-hybridized carbons (Fsp3) is 0.412. The number of anilines is 2. The van der Waals surface area contributed by atoms with Crippen molar-refractivity contribution in [3.8, 4) is 0 Å². The van der Waals surface area contributed by atoms with Gasteiger partial charge in [-0.3, -0.25) is 9.69 Å². The van der Waals surface area contributed by atoms with Gasteiger partial charge >= 0.3 is 0 Å². The topological polar surface area (TPSA) is 71.0 Å². The van der Waals surface area contributed by atoms with Gasteiger partial charge < -0.3 is 5.32 Å². The van der Waals surface area contributed by atoms with Gasteiger partial charge in [-0.25, -0.2) is 15.0 Å². The average molecular weight is 344 g/mol. The minimum Gasteiger partial charge on any atom is -0.351 e. The van der Waals surface area contributed by atoms with E-state index in [-0.39, 0.29) is 18.0 Å². The lowest BCUT2D eigenvalue weighted by molar-refractivity contribution is -0.122. The minimum absolute atomic E-state index is 0.124. The summed E-state index contributed by atoms with van der Waals surface area (Å²) in [6, 6.07) is 5.92. The Kier molecular flexibility index (Phi) is 3.46. The van der Waals surface area contributed by atoms with Crippen molar-refractivity contribution >= 4 is 29.3 Å². The zero-order valence-corrected chi connectivity index (χ0v) is 14.3. The number of nitrogens with one attached hydrogen (secondary N) is 1. The third kappa shape index (κ3) is 2.33. The van der Waals surface area contributed by atoms with Gasteiger partial charge in [-0.1, -0.05) is 17.7 Å². The molecule has 0 aromatic carbocycles. The van der Waals surface area contributed by atoms with Crippen molar-refractivity contribution in [3.05, 3.63) is 41.3 Å². The van der Waals surface area contributed by atoms with E-state index in [1.165, 1.54) is 0 Å². The number of carbonyl (C=O) groups excluding carboxylic acids is 1. The van der Waals surface area contributed by atoms with Crippen LogP contribution in [0.15, 0.2) is 30.6 Å². The van der Waals surface area contributed by atoms with Gasteiger partial charge in [0, 0.05) is 30.0 Å². The van der Waals surface area contributed by atoms with Gasteiger partial charge in [-0.15, -0.1) is 0 Å². The van der Waals surface area contributed by atoms with Crippen molar-refractivity contribution in [2.45, 2.75) is 44.2 Å². The first-order valence-corrected chi connectivity index (χ1v) is 8.39. The summed E-state index contributed by atoms with van der Waals surface area (Å²) in [6.07, 6.45) is 5.05. The van der Waals surface area contributed by atoms with Gasteiger partial charge in [0.2, 0.25) is 11.9 Å². The van der Waals surface area contributed by atoms with Crippen molar-refractivity contribution in [2.24, 2.45) is 0 Å². The van der Waals surface area contributed by atoms with Gasteiger partial charge in [0.15, 0.2) is 0 Å². The number of halogens is 1. The molecule has 2 aromatic rings. The van der Waals surface area contributed by atoms with Crippen LogP contribution in [0.25, 0.3) is 0 Å². The maximum atomic E-state index is 12.9. The lowest BCUT2D eigenvalue weighted by Crippen LogP contribution is -2.53. The Morgan fingerprint density at radius 2 is 2.04 bits per heavy atom. The number of pyridine rings is 1. The highest BCUT2D eigenvalue weighted by Gasteiger charge is 2.50. The van der Waals surface area contributed by atoms with E-state index in [2.05, 4.69) is 20.3 Å². The number of hydrogen-bond acceptors (Lipinski definition) is 5. The minimum atomic E-state index is -0.516. The Labute approximate surface area is 145 Å². The summed E-state index contributed by atoms with van der Waals surface area (Å²) in [6.45, 7) is 3.92. The molecule has 0 atom stereocenters. The first kappa shape index (κ1) is 15.3. The molecule has 1 amide bonds. The summed E-state index contributed by atoms with van der Waals surface area (Å²) in [5.41, 5.74) is 0.489. The van der Waals surface area contributed by atoms with Crippen molar-refractivity contribution < 1.29 is 4.79 Å². The lowest BCUT2D eigenvalue weighted by atomic mass is 9.84. The molecule has 3 heterocycles. The van der Waals surface area contributed by atoms with Crippen LogP contribution >= 0.6 is 11.6 Å². The SMILES string of the molecule is CC1(C)C(=O)N(C2CC(Nc3nccc(Cl)n3)C2)c2ncccc21. The van der Waals surface area contributed by atoms with Crippen LogP contribution in [-0.4, -0.2) is 32.9 Å². The van der Waals surface area contributed by atoms with Crippen molar-refractivity contribution in [2.75, 3.05) is 10.2 Å². The van der Waals surface area contributed by atoms with Gasteiger partial charge in [0.05, 0.1) is 5.41 Å². The van der Waals surface area contributed by atoms with Gasteiger partial charge in [0.25, 0.3) is 0 Å². The van der Waals surface area contributed by atoms with Crippen LogP contribution in [0.4, 0.5) is 11.8 Å². The third-order valence-electron chi connectivity index (χ3n) is 4.87. The molecule has 6 nitrogen and oxygen atoms in total. The Hall–Kier alpha value is -2.21. The average Bonchev–Trinajstić information content (AvgIpc) is 2.71. The third-order valence-corrected chi connectivity index (χ3v) is 5.09. The van der Waals surface area contributed by atoms with Crippen molar-refractivity contribution in [3.63, 3.8) is 0 Å². The summed E-state index contributed by atoms with van der Waals surface area (Å²) in [4.78, 5) is 27.5. The number of aromatic nitrogens is 3. The predicted molar refractivity (Wildman–Crippen MR) is 92.2 cm³/mol. The highest BCUT2D eigenvalue weighted by molar-refractivity contribution is 6.29. The molecule has 0 radical (unpaired) electrons.